The van der Waals surface area contributed by atoms with Gasteiger partial charge in [0.25, 0.3) is 10.0 Å². The molecule has 2 aliphatic rings. The van der Waals surface area contributed by atoms with Gasteiger partial charge in [0.2, 0.25) is 5.29 Å². The van der Waals surface area contributed by atoms with Gasteiger partial charge in [-0.2, -0.15) is 8.42 Å². The van der Waals surface area contributed by atoms with E-state index < -0.39 is 10.0 Å². The molecular weight excluding hydrogens is 298 g/mol. The minimum absolute atomic E-state index is 0.114. The highest BCUT2D eigenvalue weighted by atomic mass is 35.5. The van der Waals surface area contributed by atoms with E-state index in [-0.39, 0.29) is 10.2 Å². The highest BCUT2D eigenvalue weighted by molar-refractivity contribution is 7.90. The molecule has 1 aromatic carbocycles. The average Bonchev–Trinajstić information content (AvgIpc) is 2.37. The van der Waals surface area contributed by atoms with Crippen molar-refractivity contribution in [3.05, 3.63) is 18.2 Å². The topological polar surface area (TPSA) is 61.8 Å². The van der Waals surface area contributed by atoms with Crippen LogP contribution in [-0.4, -0.2) is 26.8 Å². The van der Waals surface area contributed by atoms with Crippen LogP contribution >= 0.6 is 11.6 Å². The highest BCUT2D eigenvalue weighted by Gasteiger charge is 2.26. The molecule has 20 heavy (non-hydrogen) atoms. The molecule has 7 heteroatoms. The van der Waals surface area contributed by atoms with Crippen LogP contribution in [0.2, 0.25) is 0 Å². The molecule has 0 radical (unpaired) electrons. The summed E-state index contributed by atoms with van der Waals surface area (Å²) < 4.78 is 27.6. The lowest BCUT2D eigenvalue weighted by molar-refractivity contribution is 0.446. The van der Waals surface area contributed by atoms with Crippen molar-refractivity contribution in [1.29, 1.82) is 0 Å². The largest absolute Gasteiger partial charge is 0.371 e. The van der Waals surface area contributed by atoms with Gasteiger partial charge in [-0.25, -0.2) is 0 Å². The number of rotatable bonds is 1. The summed E-state index contributed by atoms with van der Waals surface area (Å²) in [7, 11) is -3.70. The minimum Gasteiger partial charge on any atom is -0.371 e. The summed E-state index contributed by atoms with van der Waals surface area (Å²) in [6.07, 6.45) is 2.36. The van der Waals surface area contributed by atoms with Crippen molar-refractivity contribution in [1.82, 2.24) is 0 Å². The fourth-order valence-electron chi connectivity index (χ4n) is 2.74. The van der Waals surface area contributed by atoms with Gasteiger partial charge in [-0.05, 0) is 48.6 Å². The smallest absolute Gasteiger partial charge is 0.287 e. The third-order valence-electron chi connectivity index (χ3n) is 3.70. The Hall–Kier alpha value is -1.27. The SMILES string of the molecule is C[C@H]1CCCN(c2ccc3c(c2)S(=O)(=O)N=C(Cl)N3)C1. The molecular formula is C13H16ClN3O2S. The Morgan fingerprint density at radius 3 is 3.00 bits per heavy atom. The monoisotopic (exact) mass is 313 g/mol. The first-order valence-corrected chi connectivity index (χ1v) is 8.44. The molecule has 2 heterocycles. The first-order chi connectivity index (χ1) is 9.45. The van der Waals surface area contributed by atoms with Gasteiger partial charge >= 0.3 is 0 Å². The summed E-state index contributed by atoms with van der Waals surface area (Å²) in [5.74, 6) is 0.627. The van der Waals surface area contributed by atoms with E-state index in [2.05, 4.69) is 21.5 Å². The maximum absolute atomic E-state index is 12.1. The Bertz CT molecular complexity index is 672. The van der Waals surface area contributed by atoms with Crippen molar-refractivity contribution >= 4 is 38.3 Å². The number of piperidine rings is 1. The number of fused-ring (bicyclic) bond motifs is 1. The van der Waals surface area contributed by atoms with E-state index in [0.717, 1.165) is 25.2 Å². The fourth-order valence-corrected chi connectivity index (χ4v) is 4.13. The van der Waals surface area contributed by atoms with Gasteiger partial charge in [0, 0.05) is 18.8 Å². The lowest BCUT2D eigenvalue weighted by Crippen LogP contribution is -2.34. The molecule has 1 fully saturated rings. The van der Waals surface area contributed by atoms with Crippen LogP contribution < -0.4 is 10.2 Å². The molecule has 0 aliphatic carbocycles. The summed E-state index contributed by atoms with van der Waals surface area (Å²) in [5.41, 5.74) is 1.41. The van der Waals surface area contributed by atoms with Crippen LogP contribution in [0.1, 0.15) is 19.8 Å². The lowest BCUT2D eigenvalue weighted by Gasteiger charge is -2.33. The van der Waals surface area contributed by atoms with Crippen LogP contribution in [0.3, 0.4) is 0 Å². The average molecular weight is 314 g/mol. The van der Waals surface area contributed by atoms with Crippen molar-refractivity contribution in [2.24, 2.45) is 10.3 Å². The second kappa shape index (κ2) is 4.93. The van der Waals surface area contributed by atoms with Crippen LogP contribution in [0.5, 0.6) is 0 Å². The first-order valence-electron chi connectivity index (χ1n) is 6.62. The van der Waals surface area contributed by atoms with Gasteiger partial charge in [-0.15, -0.1) is 4.40 Å². The summed E-state index contributed by atoms with van der Waals surface area (Å²) >= 11 is 5.69. The highest BCUT2D eigenvalue weighted by Crippen LogP contribution is 2.33. The van der Waals surface area contributed by atoms with Crippen LogP contribution in [0.25, 0.3) is 0 Å². The summed E-state index contributed by atoms with van der Waals surface area (Å²) in [4.78, 5) is 2.42. The quantitative estimate of drug-likeness (QED) is 0.810. The number of sulfonamides is 1. The first kappa shape index (κ1) is 13.7. The number of amidine groups is 1. The number of halogens is 1. The minimum atomic E-state index is -3.70. The van der Waals surface area contributed by atoms with Crippen molar-refractivity contribution in [2.75, 3.05) is 23.3 Å². The molecule has 1 N–H and O–H groups in total. The van der Waals surface area contributed by atoms with Crippen LogP contribution in [0.15, 0.2) is 27.5 Å². The molecule has 0 bridgehead atoms. The number of hydrogen-bond acceptors (Lipinski definition) is 4. The standard InChI is InChI=1S/C13H16ClN3O2S/c1-9-3-2-6-17(8-9)10-4-5-11-12(7-10)20(18,19)16-13(14)15-11/h4-5,7,9H,2-3,6,8H2,1H3,(H,15,16)/t9-/m0/s1. The van der Waals surface area contributed by atoms with E-state index in [0.29, 0.717) is 11.6 Å². The predicted octanol–water partition coefficient (Wildman–Crippen LogP) is 2.63. The molecule has 2 aliphatic heterocycles. The molecule has 108 valence electrons. The molecule has 0 unspecified atom stereocenters. The number of nitrogens with one attached hydrogen (secondary N) is 1. The van der Waals surface area contributed by atoms with Crippen molar-refractivity contribution in [3.8, 4) is 0 Å². The summed E-state index contributed by atoms with van der Waals surface area (Å²) in [6, 6.07) is 5.36. The van der Waals surface area contributed by atoms with Gasteiger partial charge in [-0.1, -0.05) is 6.92 Å². The van der Waals surface area contributed by atoms with Gasteiger partial charge < -0.3 is 10.2 Å². The maximum atomic E-state index is 12.1. The van der Waals surface area contributed by atoms with E-state index in [9.17, 15) is 8.42 Å². The van der Waals surface area contributed by atoms with Gasteiger partial charge in [0.05, 0.1) is 5.69 Å². The van der Waals surface area contributed by atoms with E-state index in [1.807, 2.05) is 6.07 Å². The van der Waals surface area contributed by atoms with Crippen molar-refractivity contribution in [3.63, 3.8) is 0 Å². The van der Waals surface area contributed by atoms with E-state index >= 15 is 0 Å². The van der Waals surface area contributed by atoms with Crippen LogP contribution in [0, 0.1) is 5.92 Å². The van der Waals surface area contributed by atoms with E-state index in [1.165, 1.54) is 6.42 Å². The molecule has 0 amide bonds. The van der Waals surface area contributed by atoms with Gasteiger partial charge in [-0.3, -0.25) is 0 Å². The summed E-state index contributed by atoms with van der Waals surface area (Å²) in [6.45, 7) is 4.13. The van der Waals surface area contributed by atoms with Crippen LogP contribution in [0.4, 0.5) is 11.4 Å². The van der Waals surface area contributed by atoms with Gasteiger partial charge in [0.15, 0.2) is 0 Å². The van der Waals surface area contributed by atoms with Crippen molar-refractivity contribution in [2.45, 2.75) is 24.7 Å². The summed E-state index contributed by atoms with van der Waals surface area (Å²) in [5, 5.41) is 2.66. The van der Waals surface area contributed by atoms with E-state index in [4.69, 9.17) is 11.6 Å². The molecule has 1 aromatic rings. The predicted molar refractivity (Wildman–Crippen MR) is 81.1 cm³/mol. The van der Waals surface area contributed by atoms with Crippen molar-refractivity contribution < 1.29 is 8.42 Å². The Balaban J connectivity index is 1.99. The third kappa shape index (κ3) is 2.50. The number of nitrogens with zero attached hydrogens (tertiary/aromatic N) is 2. The zero-order chi connectivity index (χ0) is 14.3. The maximum Gasteiger partial charge on any atom is 0.287 e. The zero-order valence-electron chi connectivity index (χ0n) is 11.1. The fraction of sp³-hybridized carbons (Fsp3) is 0.462. The molecule has 3 rings (SSSR count). The second-order valence-corrected chi connectivity index (χ2v) is 7.29. The number of benzene rings is 1. The molecule has 1 atom stereocenters. The van der Waals surface area contributed by atoms with Crippen LogP contribution in [-0.2, 0) is 10.0 Å². The lowest BCUT2D eigenvalue weighted by atomic mass is 10.00. The third-order valence-corrected chi connectivity index (χ3v) is 5.30. The zero-order valence-corrected chi connectivity index (χ0v) is 12.7. The van der Waals surface area contributed by atoms with E-state index in [1.54, 1.807) is 12.1 Å². The Labute approximate surface area is 123 Å². The number of hydrogen-bond donors (Lipinski definition) is 1. The molecule has 0 spiro atoms. The Kier molecular flexibility index (Phi) is 3.38. The number of anilines is 2. The molecule has 0 aromatic heterocycles. The molecule has 5 nitrogen and oxygen atoms in total. The Morgan fingerprint density at radius 1 is 1.45 bits per heavy atom. The molecule has 0 saturated carbocycles. The molecule has 1 saturated heterocycles. The second-order valence-electron chi connectivity index (χ2n) is 5.36. The normalized spacial score (nSPS) is 24.6. The Morgan fingerprint density at radius 2 is 2.25 bits per heavy atom. The van der Waals surface area contributed by atoms with Gasteiger partial charge in [0.1, 0.15) is 4.90 Å².